The van der Waals surface area contributed by atoms with E-state index in [0.29, 0.717) is 12.2 Å². The van der Waals surface area contributed by atoms with Gasteiger partial charge in [-0.1, -0.05) is 6.07 Å². The number of nitriles is 1. The van der Waals surface area contributed by atoms with Crippen molar-refractivity contribution in [2.75, 3.05) is 6.61 Å². The van der Waals surface area contributed by atoms with Crippen LogP contribution >= 0.6 is 0 Å². The molecule has 1 aromatic carbocycles. The summed E-state index contributed by atoms with van der Waals surface area (Å²) >= 11 is 0. The molecule has 0 spiro atoms. The van der Waals surface area contributed by atoms with E-state index in [1.165, 1.54) is 0 Å². The van der Waals surface area contributed by atoms with Crippen molar-refractivity contribution in [3.63, 3.8) is 0 Å². The van der Waals surface area contributed by atoms with E-state index in [1.54, 1.807) is 12.1 Å². The molecule has 0 saturated carbocycles. The van der Waals surface area contributed by atoms with Crippen LogP contribution in [0.2, 0.25) is 0 Å². The Labute approximate surface area is 106 Å². The first-order chi connectivity index (χ1) is 8.78. The lowest BCUT2D eigenvalue weighted by atomic mass is 10.2. The minimum atomic E-state index is 0.619. The van der Waals surface area contributed by atoms with E-state index < -0.39 is 0 Å². The van der Waals surface area contributed by atoms with Gasteiger partial charge >= 0.3 is 0 Å². The number of benzene rings is 1. The zero-order valence-electron chi connectivity index (χ0n) is 10.3. The van der Waals surface area contributed by atoms with E-state index in [9.17, 15) is 0 Å². The van der Waals surface area contributed by atoms with Gasteiger partial charge in [-0.3, -0.25) is 4.68 Å². The minimum absolute atomic E-state index is 0.619. The van der Waals surface area contributed by atoms with Crippen LogP contribution in [0.1, 0.15) is 17.7 Å². The van der Waals surface area contributed by atoms with Gasteiger partial charge in [-0.25, -0.2) is 0 Å². The Bertz CT molecular complexity index is 554. The van der Waals surface area contributed by atoms with Crippen molar-refractivity contribution in [3.05, 3.63) is 47.8 Å². The van der Waals surface area contributed by atoms with Gasteiger partial charge in [-0.05, 0) is 31.2 Å². The Morgan fingerprint density at radius 2 is 2.28 bits per heavy atom. The molecule has 0 aliphatic carbocycles. The van der Waals surface area contributed by atoms with Crippen LogP contribution in [0, 0.1) is 18.3 Å². The van der Waals surface area contributed by atoms with E-state index in [0.717, 1.165) is 24.4 Å². The molecule has 2 rings (SSSR count). The second-order valence-electron chi connectivity index (χ2n) is 4.06. The third-order valence-electron chi connectivity index (χ3n) is 2.54. The molecule has 0 unspecified atom stereocenters. The van der Waals surface area contributed by atoms with Crippen LogP contribution in [0.25, 0.3) is 0 Å². The smallest absolute Gasteiger partial charge is 0.120 e. The van der Waals surface area contributed by atoms with Crippen LogP contribution in [0.3, 0.4) is 0 Å². The average molecular weight is 241 g/mol. The van der Waals surface area contributed by atoms with E-state index in [1.807, 2.05) is 36.0 Å². The van der Waals surface area contributed by atoms with Crippen molar-refractivity contribution < 1.29 is 4.74 Å². The summed E-state index contributed by atoms with van der Waals surface area (Å²) in [4.78, 5) is 0. The molecule has 1 aromatic heterocycles. The fourth-order valence-electron chi connectivity index (χ4n) is 1.66. The van der Waals surface area contributed by atoms with Gasteiger partial charge in [0.05, 0.1) is 23.9 Å². The highest BCUT2D eigenvalue weighted by molar-refractivity contribution is 5.36. The fraction of sp³-hybridized carbons (Fsp3) is 0.286. The number of nitrogens with zero attached hydrogens (tertiary/aromatic N) is 3. The summed E-state index contributed by atoms with van der Waals surface area (Å²) in [5, 5.41) is 13.1. The van der Waals surface area contributed by atoms with E-state index in [-0.39, 0.29) is 0 Å². The first-order valence-electron chi connectivity index (χ1n) is 5.91. The summed E-state index contributed by atoms with van der Waals surface area (Å²) in [6, 6.07) is 11.3. The van der Waals surface area contributed by atoms with Crippen molar-refractivity contribution in [3.8, 4) is 11.8 Å². The Kier molecular flexibility index (Phi) is 3.98. The first kappa shape index (κ1) is 12.2. The summed E-state index contributed by atoms with van der Waals surface area (Å²) in [7, 11) is 0. The second kappa shape index (κ2) is 5.87. The highest BCUT2D eigenvalue weighted by atomic mass is 16.5. The normalized spacial score (nSPS) is 10.0. The Hall–Kier alpha value is -2.28. The predicted molar refractivity (Wildman–Crippen MR) is 68.2 cm³/mol. The van der Waals surface area contributed by atoms with Gasteiger partial charge in [0.2, 0.25) is 0 Å². The van der Waals surface area contributed by atoms with Crippen LogP contribution < -0.4 is 4.74 Å². The second-order valence-corrected chi connectivity index (χ2v) is 4.06. The highest BCUT2D eigenvalue weighted by Crippen LogP contribution is 2.12. The molecule has 1 heterocycles. The minimum Gasteiger partial charge on any atom is -0.493 e. The van der Waals surface area contributed by atoms with Crippen LogP contribution in [0.4, 0.5) is 0 Å². The number of rotatable bonds is 5. The lowest BCUT2D eigenvalue weighted by Gasteiger charge is -2.06. The highest BCUT2D eigenvalue weighted by Gasteiger charge is 1.97. The summed E-state index contributed by atoms with van der Waals surface area (Å²) in [5.74, 6) is 0.741. The summed E-state index contributed by atoms with van der Waals surface area (Å²) in [5.41, 5.74) is 1.65. The molecule has 0 bridgehead atoms. The molecule has 4 heteroatoms. The van der Waals surface area contributed by atoms with Gasteiger partial charge in [0, 0.05) is 19.2 Å². The van der Waals surface area contributed by atoms with Gasteiger partial charge in [0.15, 0.2) is 0 Å². The monoisotopic (exact) mass is 241 g/mol. The van der Waals surface area contributed by atoms with Gasteiger partial charge < -0.3 is 4.74 Å². The molecule has 0 N–H and O–H groups in total. The molecule has 0 amide bonds. The number of hydrogen-bond donors (Lipinski definition) is 0. The van der Waals surface area contributed by atoms with Gasteiger partial charge in [0.1, 0.15) is 5.75 Å². The Morgan fingerprint density at radius 3 is 3.00 bits per heavy atom. The molecule has 0 radical (unpaired) electrons. The zero-order valence-corrected chi connectivity index (χ0v) is 10.3. The van der Waals surface area contributed by atoms with Crippen LogP contribution in [0.15, 0.2) is 36.5 Å². The molecule has 18 heavy (non-hydrogen) atoms. The summed E-state index contributed by atoms with van der Waals surface area (Å²) in [6.45, 7) is 3.43. The van der Waals surface area contributed by atoms with Gasteiger partial charge in [-0.2, -0.15) is 10.4 Å². The fourth-order valence-corrected chi connectivity index (χ4v) is 1.66. The van der Waals surface area contributed by atoms with Crippen LogP contribution in [-0.2, 0) is 6.54 Å². The molecule has 0 atom stereocenters. The lowest BCUT2D eigenvalue weighted by molar-refractivity contribution is 0.298. The molecule has 0 saturated heterocycles. The van der Waals surface area contributed by atoms with E-state index in [4.69, 9.17) is 10.00 Å². The number of aromatic nitrogens is 2. The summed E-state index contributed by atoms with van der Waals surface area (Å²) < 4.78 is 7.49. The molecular formula is C14H15N3O. The maximum atomic E-state index is 8.77. The largest absolute Gasteiger partial charge is 0.493 e. The van der Waals surface area contributed by atoms with Crippen molar-refractivity contribution in [1.29, 1.82) is 5.26 Å². The average Bonchev–Trinajstić information content (AvgIpc) is 2.81. The Morgan fingerprint density at radius 1 is 1.39 bits per heavy atom. The number of hydrogen-bond acceptors (Lipinski definition) is 3. The molecule has 2 aromatic rings. The predicted octanol–water partition coefficient (Wildman–Crippen LogP) is 2.53. The molecule has 4 nitrogen and oxygen atoms in total. The molecule has 92 valence electrons. The molecule has 0 fully saturated rings. The maximum Gasteiger partial charge on any atom is 0.120 e. The first-order valence-corrected chi connectivity index (χ1v) is 5.91. The number of aryl methyl sites for hydroxylation is 2. The van der Waals surface area contributed by atoms with Crippen molar-refractivity contribution in [2.24, 2.45) is 0 Å². The SMILES string of the molecule is Cc1ccn(CCCOc2cccc(C#N)c2)n1. The molecular weight excluding hydrogens is 226 g/mol. The van der Waals surface area contributed by atoms with Gasteiger partial charge in [-0.15, -0.1) is 0 Å². The quantitative estimate of drug-likeness (QED) is 0.756. The van der Waals surface area contributed by atoms with Crippen molar-refractivity contribution in [1.82, 2.24) is 9.78 Å². The molecule has 0 aliphatic rings. The topological polar surface area (TPSA) is 50.8 Å². The van der Waals surface area contributed by atoms with Crippen LogP contribution in [0.5, 0.6) is 5.75 Å². The maximum absolute atomic E-state index is 8.77. The van der Waals surface area contributed by atoms with E-state index in [2.05, 4.69) is 11.2 Å². The zero-order chi connectivity index (χ0) is 12.8. The standard InChI is InChI=1S/C14H15N3O/c1-12-6-8-17(16-12)7-3-9-18-14-5-2-4-13(10-14)11-15/h2,4-6,8,10H,3,7,9H2,1H3. The van der Waals surface area contributed by atoms with Crippen molar-refractivity contribution in [2.45, 2.75) is 19.9 Å². The number of ether oxygens (including phenoxy) is 1. The molecule has 0 aliphatic heterocycles. The van der Waals surface area contributed by atoms with Crippen LogP contribution in [-0.4, -0.2) is 16.4 Å². The van der Waals surface area contributed by atoms with Crippen molar-refractivity contribution >= 4 is 0 Å². The third kappa shape index (κ3) is 3.36. The van der Waals surface area contributed by atoms with Gasteiger partial charge in [0.25, 0.3) is 0 Å². The Balaban J connectivity index is 1.77. The van der Waals surface area contributed by atoms with E-state index >= 15 is 0 Å². The lowest BCUT2D eigenvalue weighted by Crippen LogP contribution is -2.05. The summed E-state index contributed by atoms with van der Waals surface area (Å²) in [6.07, 6.45) is 2.85. The third-order valence-corrected chi connectivity index (χ3v) is 2.54.